The Morgan fingerprint density at radius 2 is 1.00 bits per heavy atom. The molecule has 2 unspecified atom stereocenters. The van der Waals surface area contributed by atoms with E-state index >= 15 is 0 Å². The predicted octanol–water partition coefficient (Wildman–Crippen LogP) is 12.6. The van der Waals surface area contributed by atoms with Crippen LogP contribution in [-0.4, -0.2) is 70.7 Å². The van der Waals surface area contributed by atoms with E-state index in [9.17, 15) is 14.3 Å². The van der Waals surface area contributed by atoms with E-state index in [0.29, 0.717) is 24.1 Å². The van der Waals surface area contributed by atoms with Crippen LogP contribution in [0.1, 0.15) is 200 Å². The number of allylic oxidation sites excluding steroid dienone is 4. The summed E-state index contributed by atoms with van der Waals surface area (Å²) in [5, 5.41) is 0. The van der Waals surface area contributed by atoms with Crippen LogP contribution in [0.4, 0.5) is 0 Å². The van der Waals surface area contributed by atoms with E-state index in [1.54, 1.807) is 0 Å². The molecule has 0 saturated carbocycles. The van der Waals surface area contributed by atoms with Crippen LogP contribution in [-0.2, 0) is 27.9 Å². The standard InChI is InChI=1S/C45H88NO7P/c1-6-8-10-12-14-16-18-19-20-21-22-23-24-25-26-27-28-30-32-34-36-38-45(47)53-44(43-52-54(48,49)51-41-39-46(3,4)5)42-50-40-37-35-33-31-29-17-15-13-11-9-7-2/h11,13,21-22,44H,6-10,12,14-20,23-43H2,1-5H3/b13-11-,22-21-. The highest BCUT2D eigenvalue weighted by molar-refractivity contribution is 7.45. The van der Waals surface area contributed by atoms with Gasteiger partial charge in [0.1, 0.15) is 19.3 Å². The van der Waals surface area contributed by atoms with Crippen molar-refractivity contribution in [3.05, 3.63) is 24.3 Å². The largest absolute Gasteiger partial charge is 0.756 e. The van der Waals surface area contributed by atoms with Gasteiger partial charge in [0.25, 0.3) is 7.82 Å². The number of nitrogens with zero attached hydrogens (tertiary/aromatic N) is 1. The molecule has 0 radical (unpaired) electrons. The molecule has 8 nitrogen and oxygen atoms in total. The Balaban J connectivity index is 4.14. The van der Waals surface area contributed by atoms with E-state index in [-0.39, 0.29) is 25.8 Å². The first-order valence-electron chi connectivity index (χ1n) is 22.6. The lowest BCUT2D eigenvalue weighted by molar-refractivity contribution is -0.870. The summed E-state index contributed by atoms with van der Waals surface area (Å²) in [5.74, 6) is -0.338. The summed E-state index contributed by atoms with van der Waals surface area (Å²) in [5.41, 5.74) is 0. The van der Waals surface area contributed by atoms with E-state index < -0.39 is 13.9 Å². The average molecular weight is 786 g/mol. The Kier molecular flexibility index (Phi) is 38.1. The number of carbonyl (C=O) groups excluding carboxylic acids is 1. The number of rotatable bonds is 42. The summed E-state index contributed by atoms with van der Waals surface area (Å²) in [6, 6.07) is 0. The molecule has 0 saturated heterocycles. The molecule has 0 heterocycles. The maximum absolute atomic E-state index is 12.7. The smallest absolute Gasteiger partial charge is 0.306 e. The maximum Gasteiger partial charge on any atom is 0.306 e. The average Bonchev–Trinajstić information content (AvgIpc) is 3.12. The fourth-order valence-corrected chi connectivity index (χ4v) is 6.92. The van der Waals surface area contributed by atoms with Gasteiger partial charge in [-0.1, -0.05) is 160 Å². The van der Waals surface area contributed by atoms with Crippen LogP contribution >= 0.6 is 7.82 Å². The van der Waals surface area contributed by atoms with Gasteiger partial charge in [-0.25, -0.2) is 0 Å². The first kappa shape index (κ1) is 53.0. The third-order valence-electron chi connectivity index (χ3n) is 9.71. The van der Waals surface area contributed by atoms with Gasteiger partial charge in [0.15, 0.2) is 0 Å². The van der Waals surface area contributed by atoms with Crippen molar-refractivity contribution in [3.8, 4) is 0 Å². The lowest BCUT2D eigenvalue weighted by atomic mass is 10.1. The summed E-state index contributed by atoms with van der Waals surface area (Å²) in [6.45, 7) is 5.36. The molecule has 0 aliphatic rings. The lowest BCUT2D eigenvalue weighted by Crippen LogP contribution is -2.37. The number of phosphoric acid groups is 1. The molecule has 0 rings (SSSR count). The van der Waals surface area contributed by atoms with Crippen LogP contribution in [0.2, 0.25) is 0 Å². The fourth-order valence-electron chi connectivity index (χ4n) is 6.19. The molecule has 0 aliphatic carbocycles. The van der Waals surface area contributed by atoms with Crippen LogP contribution in [0.5, 0.6) is 0 Å². The Hall–Kier alpha value is -1.02. The molecular weight excluding hydrogens is 697 g/mol. The van der Waals surface area contributed by atoms with Gasteiger partial charge in [0.2, 0.25) is 0 Å². The summed E-state index contributed by atoms with van der Waals surface area (Å²) in [7, 11) is 1.35. The molecule has 0 amide bonds. The molecular formula is C45H88NO7P. The molecule has 0 spiro atoms. The monoisotopic (exact) mass is 786 g/mol. The van der Waals surface area contributed by atoms with Crippen molar-refractivity contribution in [1.82, 2.24) is 0 Å². The lowest BCUT2D eigenvalue weighted by Gasteiger charge is -2.28. The number of quaternary nitrogens is 1. The normalized spacial score (nSPS) is 14.0. The van der Waals surface area contributed by atoms with E-state index in [1.807, 2.05) is 21.1 Å². The second kappa shape index (κ2) is 38.8. The Morgan fingerprint density at radius 1 is 0.556 bits per heavy atom. The van der Waals surface area contributed by atoms with Crippen molar-refractivity contribution >= 4 is 13.8 Å². The predicted molar refractivity (Wildman–Crippen MR) is 227 cm³/mol. The molecule has 0 fully saturated rings. The molecule has 54 heavy (non-hydrogen) atoms. The Morgan fingerprint density at radius 3 is 1.48 bits per heavy atom. The highest BCUT2D eigenvalue weighted by atomic mass is 31.2. The van der Waals surface area contributed by atoms with E-state index in [0.717, 1.165) is 32.1 Å². The van der Waals surface area contributed by atoms with Gasteiger partial charge >= 0.3 is 5.97 Å². The zero-order valence-corrected chi connectivity index (χ0v) is 37.1. The van der Waals surface area contributed by atoms with Crippen molar-refractivity contribution < 1.29 is 37.3 Å². The molecule has 0 aromatic carbocycles. The fraction of sp³-hybridized carbons (Fsp3) is 0.889. The zero-order valence-electron chi connectivity index (χ0n) is 36.2. The molecule has 2 atom stereocenters. The second-order valence-corrected chi connectivity index (χ2v) is 17.8. The zero-order chi connectivity index (χ0) is 39.9. The van der Waals surface area contributed by atoms with E-state index in [4.69, 9.17) is 18.5 Å². The second-order valence-electron chi connectivity index (χ2n) is 16.4. The Labute approximate surface area is 334 Å². The number of likely N-dealkylation sites (N-methyl/N-ethyl adjacent to an activating group) is 1. The van der Waals surface area contributed by atoms with Crippen molar-refractivity contribution in [3.63, 3.8) is 0 Å². The molecule has 0 bridgehead atoms. The summed E-state index contributed by atoms with van der Waals surface area (Å²) >= 11 is 0. The minimum absolute atomic E-state index is 0.0257. The molecule has 0 aromatic heterocycles. The number of unbranched alkanes of at least 4 members (excludes halogenated alkanes) is 24. The summed E-state index contributed by atoms with van der Waals surface area (Å²) in [6.07, 6.45) is 43.4. The molecule has 0 aliphatic heterocycles. The highest BCUT2D eigenvalue weighted by Crippen LogP contribution is 2.38. The van der Waals surface area contributed by atoms with Gasteiger partial charge in [0.05, 0.1) is 34.4 Å². The molecule has 0 N–H and O–H groups in total. The van der Waals surface area contributed by atoms with Crippen LogP contribution in [0, 0.1) is 0 Å². The van der Waals surface area contributed by atoms with Crippen LogP contribution < -0.4 is 4.89 Å². The van der Waals surface area contributed by atoms with Gasteiger partial charge in [-0.2, -0.15) is 0 Å². The SMILES string of the molecule is CCC/C=C\CCCCCCCCOCC(COP(=O)([O-])OCC[N+](C)(C)C)OC(=O)CCCCCCCCCCC/C=C\CCCCCCCCCC. The highest BCUT2D eigenvalue weighted by Gasteiger charge is 2.20. The van der Waals surface area contributed by atoms with Gasteiger partial charge in [0, 0.05) is 13.0 Å². The summed E-state index contributed by atoms with van der Waals surface area (Å²) < 4.78 is 34.5. The number of carbonyl (C=O) groups is 1. The summed E-state index contributed by atoms with van der Waals surface area (Å²) in [4.78, 5) is 25.0. The number of hydrogen-bond donors (Lipinski definition) is 0. The van der Waals surface area contributed by atoms with Crippen LogP contribution in [0.25, 0.3) is 0 Å². The molecule has 9 heteroatoms. The van der Waals surface area contributed by atoms with Gasteiger partial charge in [-0.15, -0.1) is 0 Å². The quantitative estimate of drug-likeness (QED) is 0.0200. The topological polar surface area (TPSA) is 94.1 Å². The molecule has 320 valence electrons. The van der Waals surface area contributed by atoms with Gasteiger partial charge in [-0.3, -0.25) is 9.36 Å². The Bertz CT molecular complexity index is 920. The first-order valence-corrected chi connectivity index (χ1v) is 24.0. The number of hydrogen-bond acceptors (Lipinski definition) is 7. The van der Waals surface area contributed by atoms with Gasteiger partial charge in [-0.05, 0) is 57.8 Å². The maximum atomic E-state index is 12.7. The van der Waals surface area contributed by atoms with Crippen molar-refractivity contribution in [2.75, 3.05) is 54.1 Å². The van der Waals surface area contributed by atoms with Crippen LogP contribution in [0.3, 0.4) is 0 Å². The first-order chi connectivity index (χ1) is 26.1. The third-order valence-corrected chi connectivity index (χ3v) is 10.7. The number of esters is 1. The third kappa shape index (κ3) is 42.1. The van der Waals surface area contributed by atoms with Crippen molar-refractivity contribution in [2.24, 2.45) is 0 Å². The molecule has 0 aromatic rings. The van der Waals surface area contributed by atoms with Crippen LogP contribution in [0.15, 0.2) is 24.3 Å². The van der Waals surface area contributed by atoms with Gasteiger partial charge < -0.3 is 27.9 Å². The number of phosphoric ester groups is 1. The minimum Gasteiger partial charge on any atom is -0.756 e. The minimum atomic E-state index is -4.52. The van der Waals surface area contributed by atoms with E-state index in [2.05, 4.69) is 38.2 Å². The number of ether oxygens (including phenoxy) is 2. The van der Waals surface area contributed by atoms with E-state index in [1.165, 1.54) is 148 Å². The van der Waals surface area contributed by atoms with Crippen molar-refractivity contribution in [2.45, 2.75) is 206 Å². The van der Waals surface area contributed by atoms with Crippen molar-refractivity contribution in [1.29, 1.82) is 0 Å².